The van der Waals surface area contributed by atoms with Gasteiger partial charge >= 0.3 is 11.9 Å². The summed E-state index contributed by atoms with van der Waals surface area (Å²) in [5.74, 6) is -1.66. The number of carboxylic acid groups (broad SMARTS) is 1. The highest BCUT2D eigenvalue weighted by Gasteiger charge is 2.15. The van der Waals surface area contributed by atoms with Gasteiger partial charge in [-0.2, -0.15) is 0 Å². The summed E-state index contributed by atoms with van der Waals surface area (Å²) in [7, 11) is 0. The molecule has 66 valence electrons. The van der Waals surface area contributed by atoms with Gasteiger partial charge in [0.25, 0.3) is 5.89 Å². The molecule has 0 fully saturated rings. The first-order chi connectivity index (χ1) is 6.27. The van der Waals surface area contributed by atoms with Crippen LogP contribution in [0.25, 0.3) is 11.6 Å². The van der Waals surface area contributed by atoms with Crippen LogP contribution in [0.5, 0.6) is 0 Å². The Labute approximate surface area is 75.2 Å². The van der Waals surface area contributed by atoms with Gasteiger partial charge < -0.3 is 9.52 Å². The van der Waals surface area contributed by atoms with Crippen molar-refractivity contribution in [1.82, 2.24) is 19.8 Å². The molecule has 13 heavy (non-hydrogen) atoms. The van der Waals surface area contributed by atoms with Crippen molar-refractivity contribution in [2.24, 2.45) is 0 Å². The molecule has 0 saturated heterocycles. The lowest BCUT2D eigenvalue weighted by molar-refractivity contribution is 0.0654. The van der Waals surface area contributed by atoms with Crippen LogP contribution in [0, 0.1) is 0 Å². The van der Waals surface area contributed by atoms with E-state index in [1.54, 1.807) is 5.38 Å². The number of carboxylic acids is 1. The predicted octanol–water partition coefficient (Wildman–Crippen LogP) is 0.286. The molecule has 0 unspecified atom stereocenters. The van der Waals surface area contributed by atoms with E-state index in [0.717, 1.165) is 11.5 Å². The van der Waals surface area contributed by atoms with Crippen molar-refractivity contribution >= 4 is 17.5 Å². The van der Waals surface area contributed by atoms with Crippen LogP contribution in [-0.2, 0) is 0 Å². The maximum absolute atomic E-state index is 10.4. The van der Waals surface area contributed by atoms with E-state index in [2.05, 4.69) is 19.8 Å². The van der Waals surface area contributed by atoms with Gasteiger partial charge in [0.2, 0.25) is 0 Å². The van der Waals surface area contributed by atoms with Crippen LogP contribution in [-0.4, -0.2) is 30.9 Å². The molecule has 0 bridgehead atoms. The first-order valence-electron chi connectivity index (χ1n) is 3.11. The van der Waals surface area contributed by atoms with E-state index in [-0.39, 0.29) is 5.89 Å². The zero-order valence-electron chi connectivity index (χ0n) is 6.04. The van der Waals surface area contributed by atoms with E-state index in [1.807, 2.05) is 0 Å². The summed E-state index contributed by atoms with van der Waals surface area (Å²) in [5.41, 5.74) is 0.380. The van der Waals surface area contributed by atoms with E-state index >= 15 is 0 Å². The summed E-state index contributed by atoms with van der Waals surface area (Å²) < 4.78 is 8.34. The summed E-state index contributed by atoms with van der Waals surface area (Å²) in [6.45, 7) is 0. The normalized spacial score (nSPS) is 10.2. The molecule has 2 rings (SSSR count). The Bertz CT molecular complexity index is 423. The van der Waals surface area contributed by atoms with Gasteiger partial charge in [-0.25, -0.2) is 4.79 Å². The number of hydrogen-bond acceptors (Lipinski definition) is 7. The van der Waals surface area contributed by atoms with Gasteiger partial charge in [-0.3, -0.25) is 0 Å². The third-order valence-electron chi connectivity index (χ3n) is 1.19. The Balaban J connectivity index is 2.39. The van der Waals surface area contributed by atoms with Gasteiger partial charge in [-0.05, 0) is 11.5 Å². The van der Waals surface area contributed by atoms with E-state index < -0.39 is 11.9 Å². The molecule has 1 N–H and O–H groups in total. The zero-order chi connectivity index (χ0) is 9.26. The topological polar surface area (TPSA) is 102 Å². The van der Waals surface area contributed by atoms with Crippen LogP contribution in [0.1, 0.15) is 10.7 Å². The first-order valence-corrected chi connectivity index (χ1v) is 3.95. The SMILES string of the molecule is O=C(O)c1nnc(-c2csnn2)o1. The molecule has 8 heteroatoms. The van der Waals surface area contributed by atoms with Crippen molar-refractivity contribution < 1.29 is 14.3 Å². The number of aromatic nitrogens is 4. The third kappa shape index (κ3) is 1.38. The standard InChI is InChI=1S/C5H2N4O3S/c10-5(11)4-8-7-3(12-4)2-1-13-9-6-2/h1H,(H,10,11). The molecule has 0 saturated carbocycles. The van der Waals surface area contributed by atoms with E-state index in [0.29, 0.717) is 5.69 Å². The number of hydrogen-bond donors (Lipinski definition) is 1. The molecule has 7 nitrogen and oxygen atoms in total. The largest absolute Gasteiger partial charge is 0.474 e. The van der Waals surface area contributed by atoms with Crippen LogP contribution in [0.3, 0.4) is 0 Å². The van der Waals surface area contributed by atoms with Gasteiger partial charge in [-0.1, -0.05) is 4.49 Å². The van der Waals surface area contributed by atoms with Crippen molar-refractivity contribution in [2.45, 2.75) is 0 Å². The lowest BCUT2D eigenvalue weighted by Crippen LogP contribution is -1.95. The highest BCUT2D eigenvalue weighted by atomic mass is 32.1. The minimum atomic E-state index is -1.26. The predicted molar refractivity (Wildman–Crippen MR) is 40.2 cm³/mol. The molecule has 2 heterocycles. The first kappa shape index (κ1) is 7.80. The van der Waals surface area contributed by atoms with E-state index in [4.69, 9.17) is 9.52 Å². The smallest absolute Gasteiger partial charge is 0.393 e. The van der Waals surface area contributed by atoms with Crippen molar-refractivity contribution in [3.05, 3.63) is 11.3 Å². The molecule has 2 aromatic rings. The minimum Gasteiger partial charge on any atom is -0.474 e. The Kier molecular flexibility index (Phi) is 1.74. The fourth-order valence-corrected chi connectivity index (χ4v) is 1.10. The summed E-state index contributed by atoms with van der Waals surface area (Å²) in [4.78, 5) is 10.4. The van der Waals surface area contributed by atoms with Crippen molar-refractivity contribution in [1.29, 1.82) is 0 Å². The number of nitrogens with zero attached hydrogens (tertiary/aromatic N) is 4. The van der Waals surface area contributed by atoms with Gasteiger partial charge in [0.05, 0.1) is 0 Å². The molecular weight excluding hydrogens is 196 g/mol. The summed E-state index contributed by atoms with van der Waals surface area (Å²) in [5, 5.41) is 20.5. The molecule has 0 spiro atoms. The number of aromatic carboxylic acids is 1. The van der Waals surface area contributed by atoms with Crippen LogP contribution in [0.2, 0.25) is 0 Å². The average molecular weight is 198 g/mol. The lowest BCUT2D eigenvalue weighted by Gasteiger charge is -1.81. The Hall–Kier alpha value is -1.83. The molecule has 0 radical (unpaired) electrons. The molecule has 0 aliphatic carbocycles. The molecule has 2 aromatic heterocycles. The fourth-order valence-electron chi connectivity index (χ4n) is 0.671. The lowest BCUT2D eigenvalue weighted by atomic mass is 10.5. The van der Waals surface area contributed by atoms with Gasteiger partial charge in [-0.15, -0.1) is 15.3 Å². The van der Waals surface area contributed by atoms with E-state index in [1.165, 1.54) is 0 Å². The van der Waals surface area contributed by atoms with Crippen molar-refractivity contribution in [3.8, 4) is 11.6 Å². The molecule has 0 aliphatic heterocycles. The second-order valence-electron chi connectivity index (χ2n) is 2.01. The Morgan fingerprint density at radius 2 is 2.31 bits per heavy atom. The second kappa shape index (κ2) is 2.90. The monoisotopic (exact) mass is 198 g/mol. The van der Waals surface area contributed by atoms with Crippen molar-refractivity contribution in [2.75, 3.05) is 0 Å². The number of carbonyl (C=O) groups is 1. The summed E-state index contributed by atoms with van der Waals surface area (Å²) in [6, 6.07) is 0. The molecule has 0 atom stereocenters. The third-order valence-corrected chi connectivity index (χ3v) is 1.69. The molecule has 0 aliphatic rings. The highest BCUT2D eigenvalue weighted by molar-refractivity contribution is 7.03. The van der Waals surface area contributed by atoms with E-state index in [9.17, 15) is 4.79 Å². The van der Waals surface area contributed by atoms with Crippen LogP contribution < -0.4 is 0 Å². The molecular formula is C5H2N4O3S. The van der Waals surface area contributed by atoms with Crippen LogP contribution in [0.15, 0.2) is 9.80 Å². The number of rotatable bonds is 2. The Morgan fingerprint density at radius 1 is 1.46 bits per heavy atom. The zero-order valence-corrected chi connectivity index (χ0v) is 6.85. The second-order valence-corrected chi connectivity index (χ2v) is 2.62. The molecule has 0 aromatic carbocycles. The maximum Gasteiger partial charge on any atom is 0.393 e. The average Bonchev–Trinajstić information content (AvgIpc) is 2.75. The Morgan fingerprint density at radius 3 is 2.85 bits per heavy atom. The minimum absolute atomic E-state index is 0.0613. The highest BCUT2D eigenvalue weighted by Crippen LogP contribution is 2.15. The van der Waals surface area contributed by atoms with Gasteiger partial charge in [0.1, 0.15) is 0 Å². The molecule has 0 amide bonds. The van der Waals surface area contributed by atoms with Crippen molar-refractivity contribution in [3.63, 3.8) is 0 Å². The van der Waals surface area contributed by atoms with Gasteiger partial charge in [0.15, 0.2) is 5.69 Å². The maximum atomic E-state index is 10.4. The summed E-state index contributed by atoms with van der Waals surface area (Å²) in [6.07, 6.45) is 0. The quantitative estimate of drug-likeness (QED) is 0.739. The summed E-state index contributed by atoms with van der Waals surface area (Å²) >= 11 is 1.12. The van der Waals surface area contributed by atoms with Crippen LogP contribution >= 0.6 is 11.5 Å². The van der Waals surface area contributed by atoms with Crippen LogP contribution in [0.4, 0.5) is 0 Å². The fraction of sp³-hybridized carbons (Fsp3) is 0. The van der Waals surface area contributed by atoms with Gasteiger partial charge in [0, 0.05) is 5.38 Å².